The zero-order valence-electron chi connectivity index (χ0n) is 11.7. The van der Waals surface area contributed by atoms with E-state index in [4.69, 9.17) is 4.74 Å². The van der Waals surface area contributed by atoms with Crippen molar-refractivity contribution in [3.63, 3.8) is 0 Å². The molecule has 0 saturated heterocycles. The smallest absolute Gasteiger partial charge is 0.358 e. The summed E-state index contributed by atoms with van der Waals surface area (Å²) >= 11 is 0. The molecule has 0 bridgehead atoms. The van der Waals surface area contributed by atoms with Gasteiger partial charge in [-0.2, -0.15) is 0 Å². The van der Waals surface area contributed by atoms with Gasteiger partial charge in [0, 0.05) is 12.1 Å². The second-order valence-corrected chi connectivity index (χ2v) is 4.63. The third kappa shape index (κ3) is 2.79. The third-order valence-corrected chi connectivity index (χ3v) is 3.29. The number of para-hydroxylation sites is 1. The molecule has 3 rings (SSSR count). The predicted octanol–water partition coefficient (Wildman–Crippen LogP) is 1.66. The Morgan fingerprint density at radius 3 is 3.05 bits per heavy atom. The van der Waals surface area contributed by atoms with Crippen LogP contribution in [0.25, 0.3) is 0 Å². The van der Waals surface area contributed by atoms with E-state index in [-0.39, 0.29) is 5.69 Å². The summed E-state index contributed by atoms with van der Waals surface area (Å²) < 4.78 is 10.4. The number of ether oxygens (including phenoxy) is 2. The van der Waals surface area contributed by atoms with Crippen molar-refractivity contribution in [2.24, 2.45) is 0 Å². The minimum absolute atomic E-state index is 0.202. The molecule has 0 radical (unpaired) electrons. The number of aromatic nitrogens is 2. The van der Waals surface area contributed by atoms with E-state index in [9.17, 15) is 4.79 Å². The van der Waals surface area contributed by atoms with E-state index < -0.39 is 5.97 Å². The molecular formula is C15H15N3O3. The van der Waals surface area contributed by atoms with Crippen LogP contribution in [0.15, 0.2) is 36.7 Å². The van der Waals surface area contributed by atoms with Crippen LogP contribution in [-0.4, -0.2) is 36.2 Å². The molecule has 6 heteroatoms. The van der Waals surface area contributed by atoms with Gasteiger partial charge in [0.15, 0.2) is 5.69 Å². The number of anilines is 1. The number of nitrogens with zero attached hydrogens (tertiary/aromatic N) is 3. The number of esters is 1. The van der Waals surface area contributed by atoms with Gasteiger partial charge in [-0.3, -0.25) is 4.98 Å². The van der Waals surface area contributed by atoms with Crippen LogP contribution in [0.2, 0.25) is 0 Å². The van der Waals surface area contributed by atoms with E-state index in [0.29, 0.717) is 25.5 Å². The molecule has 0 saturated carbocycles. The lowest BCUT2D eigenvalue weighted by Crippen LogP contribution is -2.27. The van der Waals surface area contributed by atoms with Gasteiger partial charge >= 0.3 is 5.97 Å². The lowest BCUT2D eigenvalue weighted by atomic mass is 10.2. The summed E-state index contributed by atoms with van der Waals surface area (Å²) in [6.45, 7) is 1.89. The standard InChI is InChI=1S/C15H15N3O3/c1-20-15(19)12-8-16-9-14(17-12)18-6-7-21-13-5-3-2-4-11(13)10-18/h2-5,8-9H,6-7,10H2,1H3. The second-order valence-electron chi connectivity index (χ2n) is 4.63. The highest BCUT2D eigenvalue weighted by Gasteiger charge is 2.18. The summed E-state index contributed by atoms with van der Waals surface area (Å²) in [6, 6.07) is 7.90. The normalized spacial score (nSPS) is 13.9. The van der Waals surface area contributed by atoms with E-state index in [0.717, 1.165) is 11.3 Å². The van der Waals surface area contributed by atoms with Crippen LogP contribution >= 0.6 is 0 Å². The number of methoxy groups -OCH3 is 1. The SMILES string of the molecule is COC(=O)c1cncc(N2CCOc3ccccc3C2)n1. The Morgan fingerprint density at radius 1 is 1.33 bits per heavy atom. The first-order chi connectivity index (χ1) is 10.3. The minimum Gasteiger partial charge on any atom is -0.491 e. The molecule has 2 aromatic rings. The molecule has 0 atom stereocenters. The number of carbonyl (C=O) groups is 1. The van der Waals surface area contributed by atoms with Crippen LogP contribution < -0.4 is 9.64 Å². The number of hydrogen-bond donors (Lipinski definition) is 0. The van der Waals surface area contributed by atoms with Gasteiger partial charge < -0.3 is 14.4 Å². The molecule has 0 fully saturated rings. The second kappa shape index (κ2) is 5.78. The highest BCUT2D eigenvalue weighted by Crippen LogP contribution is 2.24. The Balaban J connectivity index is 1.89. The fraction of sp³-hybridized carbons (Fsp3) is 0.267. The van der Waals surface area contributed by atoms with E-state index in [2.05, 4.69) is 14.7 Å². The summed E-state index contributed by atoms with van der Waals surface area (Å²) in [7, 11) is 1.33. The number of benzene rings is 1. The first kappa shape index (κ1) is 13.4. The van der Waals surface area contributed by atoms with Crippen LogP contribution in [0.1, 0.15) is 16.1 Å². The van der Waals surface area contributed by atoms with Crippen molar-refractivity contribution in [3.8, 4) is 5.75 Å². The molecule has 1 aromatic heterocycles. The molecule has 108 valence electrons. The molecule has 1 aromatic carbocycles. The molecule has 2 heterocycles. The van der Waals surface area contributed by atoms with Gasteiger partial charge in [0.2, 0.25) is 0 Å². The summed E-state index contributed by atoms with van der Waals surface area (Å²) in [5, 5.41) is 0. The molecular weight excluding hydrogens is 270 g/mol. The molecule has 0 unspecified atom stereocenters. The van der Waals surface area contributed by atoms with E-state index in [1.165, 1.54) is 13.3 Å². The Morgan fingerprint density at radius 2 is 2.19 bits per heavy atom. The molecule has 0 aliphatic carbocycles. The number of fused-ring (bicyclic) bond motifs is 1. The van der Waals surface area contributed by atoms with Gasteiger partial charge in [0.25, 0.3) is 0 Å². The first-order valence-corrected chi connectivity index (χ1v) is 6.64. The molecule has 6 nitrogen and oxygen atoms in total. The summed E-state index contributed by atoms with van der Waals surface area (Å²) in [6.07, 6.45) is 3.04. The van der Waals surface area contributed by atoms with Gasteiger partial charge in [0.1, 0.15) is 18.2 Å². The van der Waals surface area contributed by atoms with Gasteiger partial charge in [-0.05, 0) is 6.07 Å². The highest BCUT2D eigenvalue weighted by atomic mass is 16.5. The number of rotatable bonds is 2. The maximum atomic E-state index is 11.5. The molecule has 1 aliphatic rings. The summed E-state index contributed by atoms with van der Waals surface area (Å²) in [5.41, 5.74) is 1.29. The highest BCUT2D eigenvalue weighted by molar-refractivity contribution is 5.87. The van der Waals surface area contributed by atoms with Crippen molar-refractivity contribution in [2.45, 2.75) is 6.54 Å². The number of carbonyl (C=O) groups excluding carboxylic acids is 1. The zero-order valence-corrected chi connectivity index (χ0v) is 11.7. The Labute approximate surface area is 122 Å². The van der Waals surface area contributed by atoms with Gasteiger partial charge in [-0.25, -0.2) is 9.78 Å². The molecule has 0 spiro atoms. The molecule has 0 N–H and O–H groups in total. The number of hydrogen-bond acceptors (Lipinski definition) is 6. The fourth-order valence-electron chi connectivity index (χ4n) is 2.23. The topological polar surface area (TPSA) is 64.5 Å². The lowest BCUT2D eigenvalue weighted by molar-refractivity contribution is 0.0593. The monoisotopic (exact) mass is 285 g/mol. The quantitative estimate of drug-likeness (QED) is 0.782. The van der Waals surface area contributed by atoms with E-state index in [1.807, 2.05) is 29.2 Å². The van der Waals surface area contributed by atoms with Gasteiger partial charge in [0.05, 0.1) is 26.0 Å². The minimum atomic E-state index is -0.490. The van der Waals surface area contributed by atoms with Crippen molar-refractivity contribution in [2.75, 3.05) is 25.2 Å². The predicted molar refractivity (Wildman–Crippen MR) is 76.4 cm³/mol. The van der Waals surface area contributed by atoms with Crippen molar-refractivity contribution in [1.82, 2.24) is 9.97 Å². The van der Waals surface area contributed by atoms with Crippen LogP contribution in [0.3, 0.4) is 0 Å². The van der Waals surface area contributed by atoms with Crippen LogP contribution in [0.4, 0.5) is 5.82 Å². The fourth-order valence-corrected chi connectivity index (χ4v) is 2.23. The summed E-state index contributed by atoms with van der Waals surface area (Å²) in [4.78, 5) is 22.0. The Bertz CT molecular complexity index is 660. The van der Waals surface area contributed by atoms with Crippen LogP contribution in [0.5, 0.6) is 5.75 Å². The lowest BCUT2D eigenvalue weighted by Gasteiger charge is -2.20. The van der Waals surface area contributed by atoms with Crippen LogP contribution in [0, 0.1) is 0 Å². The van der Waals surface area contributed by atoms with Crippen molar-refractivity contribution in [3.05, 3.63) is 47.9 Å². The maximum Gasteiger partial charge on any atom is 0.358 e. The average Bonchev–Trinajstić information content (AvgIpc) is 2.76. The molecule has 21 heavy (non-hydrogen) atoms. The third-order valence-electron chi connectivity index (χ3n) is 3.29. The molecule has 0 amide bonds. The largest absolute Gasteiger partial charge is 0.491 e. The van der Waals surface area contributed by atoms with E-state index in [1.54, 1.807) is 6.20 Å². The average molecular weight is 285 g/mol. The zero-order chi connectivity index (χ0) is 14.7. The Kier molecular flexibility index (Phi) is 3.68. The first-order valence-electron chi connectivity index (χ1n) is 6.64. The van der Waals surface area contributed by atoms with Crippen molar-refractivity contribution >= 4 is 11.8 Å². The Hall–Kier alpha value is -2.63. The van der Waals surface area contributed by atoms with Crippen molar-refractivity contribution in [1.29, 1.82) is 0 Å². The van der Waals surface area contributed by atoms with Crippen LogP contribution in [-0.2, 0) is 11.3 Å². The maximum absolute atomic E-state index is 11.5. The van der Waals surface area contributed by atoms with Gasteiger partial charge in [-0.15, -0.1) is 0 Å². The molecule has 1 aliphatic heterocycles. The summed E-state index contributed by atoms with van der Waals surface area (Å²) in [5.74, 6) is 1.03. The van der Waals surface area contributed by atoms with E-state index >= 15 is 0 Å². The van der Waals surface area contributed by atoms with Crippen molar-refractivity contribution < 1.29 is 14.3 Å². The van der Waals surface area contributed by atoms with Gasteiger partial charge in [-0.1, -0.05) is 18.2 Å².